The van der Waals surface area contributed by atoms with Crippen LogP contribution in [0.3, 0.4) is 0 Å². The van der Waals surface area contributed by atoms with Gasteiger partial charge in [-0.2, -0.15) is 5.26 Å². The van der Waals surface area contributed by atoms with E-state index in [1.165, 1.54) is 0 Å². The smallest absolute Gasteiger partial charge is 0.144 e. The lowest BCUT2D eigenvalue weighted by Gasteiger charge is -2.11. The topological polar surface area (TPSA) is 33.0 Å². The lowest BCUT2D eigenvalue weighted by atomic mass is 10.1. The number of benzene rings is 1. The normalized spacial score (nSPS) is 25.1. The zero-order valence-electron chi connectivity index (χ0n) is 7.91. The first-order valence-electron chi connectivity index (χ1n) is 4.70. The van der Waals surface area contributed by atoms with E-state index in [0.717, 1.165) is 18.4 Å². The van der Waals surface area contributed by atoms with Gasteiger partial charge in [-0.3, -0.25) is 0 Å². The highest BCUT2D eigenvalue weighted by molar-refractivity contribution is 6.42. The number of hydrogen-bond acceptors (Lipinski definition) is 2. The van der Waals surface area contributed by atoms with E-state index in [0.29, 0.717) is 10.0 Å². The molecule has 2 rings (SSSR count). The molecule has 4 heteroatoms. The van der Waals surface area contributed by atoms with Gasteiger partial charge in [-0.05, 0) is 30.5 Å². The lowest BCUT2D eigenvalue weighted by Crippen LogP contribution is -2.02. The van der Waals surface area contributed by atoms with E-state index in [1.54, 1.807) is 12.1 Å². The van der Waals surface area contributed by atoms with Gasteiger partial charge >= 0.3 is 0 Å². The van der Waals surface area contributed by atoms with Gasteiger partial charge in [-0.25, -0.2) is 0 Å². The summed E-state index contributed by atoms with van der Waals surface area (Å²) < 4.78 is 5.53. The molecule has 0 N–H and O–H groups in total. The quantitative estimate of drug-likeness (QED) is 0.751. The molecule has 1 aromatic rings. The summed E-state index contributed by atoms with van der Waals surface area (Å²) in [6, 6.07) is 7.55. The van der Waals surface area contributed by atoms with Crippen molar-refractivity contribution in [2.45, 2.75) is 25.0 Å². The number of halogens is 2. The molecule has 0 amide bonds. The Kier molecular flexibility index (Phi) is 3.16. The van der Waals surface area contributed by atoms with Gasteiger partial charge in [0, 0.05) is 0 Å². The Bertz CT molecular complexity index is 414. The van der Waals surface area contributed by atoms with Crippen LogP contribution >= 0.6 is 23.2 Å². The maximum Gasteiger partial charge on any atom is 0.144 e. The largest absolute Gasteiger partial charge is 0.355 e. The zero-order valence-corrected chi connectivity index (χ0v) is 9.42. The van der Waals surface area contributed by atoms with E-state index < -0.39 is 0 Å². The molecule has 0 radical (unpaired) electrons. The Balaban J connectivity index is 2.18. The van der Waals surface area contributed by atoms with Crippen molar-refractivity contribution in [1.82, 2.24) is 0 Å². The fourth-order valence-electron chi connectivity index (χ4n) is 1.69. The molecule has 2 atom stereocenters. The molecule has 0 aromatic heterocycles. The molecule has 0 aliphatic carbocycles. The summed E-state index contributed by atoms with van der Waals surface area (Å²) in [5, 5.41) is 9.77. The Labute approximate surface area is 98.4 Å². The molecule has 1 aliphatic rings. The molecule has 2 nitrogen and oxygen atoms in total. The Morgan fingerprint density at radius 2 is 2.07 bits per heavy atom. The number of ether oxygens (including phenoxy) is 1. The molecule has 1 fully saturated rings. The first-order chi connectivity index (χ1) is 7.20. The molecule has 1 aliphatic heterocycles. The first-order valence-corrected chi connectivity index (χ1v) is 5.46. The van der Waals surface area contributed by atoms with E-state index in [2.05, 4.69) is 6.07 Å². The van der Waals surface area contributed by atoms with Gasteiger partial charge in [0.2, 0.25) is 0 Å². The van der Waals surface area contributed by atoms with E-state index in [4.69, 9.17) is 33.2 Å². The van der Waals surface area contributed by atoms with Crippen molar-refractivity contribution in [2.75, 3.05) is 0 Å². The molecule has 1 saturated heterocycles. The van der Waals surface area contributed by atoms with Gasteiger partial charge in [0.25, 0.3) is 0 Å². The average Bonchev–Trinajstić information content (AvgIpc) is 2.70. The van der Waals surface area contributed by atoms with Crippen LogP contribution in [0, 0.1) is 11.3 Å². The molecular formula is C11H9Cl2NO. The van der Waals surface area contributed by atoms with Crippen LogP contribution in [0.25, 0.3) is 0 Å². The Morgan fingerprint density at radius 1 is 1.27 bits per heavy atom. The minimum Gasteiger partial charge on any atom is -0.355 e. The van der Waals surface area contributed by atoms with Crippen LogP contribution in [-0.2, 0) is 4.74 Å². The van der Waals surface area contributed by atoms with Crippen molar-refractivity contribution in [3.05, 3.63) is 33.8 Å². The summed E-state index contributed by atoms with van der Waals surface area (Å²) >= 11 is 11.7. The third-order valence-corrected chi connectivity index (χ3v) is 3.22. The van der Waals surface area contributed by atoms with E-state index in [-0.39, 0.29) is 12.2 Å². The SMILES string of the molecule is N#CC1CCC(c2ccc(Cl)c(Cl)c2)O1. The van der Waals surface area contributed by atoms with Gasteiger partial charge in [0.05, 0.1) is 22.2 Å². The minimum atomic E-state index is -0.288. The van der Waals surface area contributed by atoms with Crippen LogP contribution in [0.15, 0.2) is 18.2 Å². The second kappa shape index (κ2) is 4.40. The van der Waals surface area contributed by atoms with Gasteiger partial charge < -0.3 is 4.74 Å². The molecule has 0 bridgehead atoms. The Morgan fingerprint density at radius 3 is 2.67 bits per heavy atom. The fourth-order valence-corrected chi connectivity index (χ4v) is 2.00. The summed E-state index contributed by atoms with van der Waals surface area (Å²) in [7, 11) is 0. The standard InChI is InChI=1S/C11H9Cl2NO/c12-9-3-1-7(5-10(9)13)11-4-2-8(6-14)15-11/h1,3,5,8,11H,2,4H2. The number of rotatable bonds is 1. The third kappa shape index (κ3) is 2.26. The van der Waals surface area contributed by atoms with E-state index >= 15 is 0 Å². The highest BCUT2D eigenvalue weighted by Gasteiger charge is 2.26. The van der Waals surface area contributed by atoms with Crippen LogP contribution in [0.1, 0.15) is 24.5 Å². The maximum atomic E-state index is 8.71. The van der Waals surface area contributed by atoms with Crippen LogP contribution in [0.4, 0.5) is 0 Å². The van der Waals surface area contributed by atoms with E-state index in [1.807, 2.05) is 6.07 Å². The zero-order chi connectivity index (χ0) is 10.8. The first kappa shape index (κ1) is 10.8. The fraction of sp³-hybridized carbons (Fsp3) is 0.364. The summed E-state index contributed by atoms with van der Waals surface area (Å²) in [6.45, 7) is 0. The van der Waals surface area contributed by atoms with Crippen molar-refractivity contribution >= 4 is 23.2 Å². The van der Waals surface area contributed by atoms with Crippen molar-refractivity contribution in [3.8, 4) is 6.07 Å². The molecule has 78 valence electrons. The van der Waals surface area contributed by atoms with Crippen molar-refractivity contribution in [2.24, 2.45) is 0 Å². The van der Waals surface area contributed by atoms with Crippen LogP contribution in [0.2, 0.25) is 10.0 Å². The number of nitrogens with zero attached hydrogens (tertiary/aromatic N) is 1. The van der Waals surface area contributed by atoms with Crippen molar-refractivity contribution < 1.29 is 4.74 Å². The Hall–Kier alpha value is -0.750. The molecular weight excluding hydrogens is 233 g/mol. The third-order valence-electron chi connectivity index (χ3n) is 2.48. The van der Waals surface area contributed by atoms with E-state index in [9.17, 15) is 0 Å². The molecule has 1 aromatic carbocycles. The number of nitriles is 1. The molecule has 1 heterocycles. The molecule has 2 unspecified atom stereocenters. The second-order valence-corrected chi connectivity index (χ2v) is 4.31. The second-order valence-electron chi connectivity index (χ2n) is 3.49. The molecule has 0 saturated carbocycles. The summed E-state index contributed by atoms with van der Waals surface area (Å²) in [6.07, 6.45) is 1.33. The molecule has 0 spiro atoms. The maximum absolute atomic E-state index is 8.71. The van der Waals surface area contributed by atoms with Gasteiger partial charge in [0.15, 0.2) is 0 Å². The minimum absolute atomic E-state index is 0.0237. The van der Waals surface area contributed by atoms with Crippen LogP contribution in [0.5, 0.6) is 0 Å². The predicted octanol–water partition coefficient (Wildman–Crippen LogP) is 3.74. The van der Waals surface area contributed by atoms with Gasteiger partial charge in [-0.15, -0.1) is 0 Å². The summed E-state index contributed by atoms with van der Waals surface area (Å²) in [5.41, 5.74) is 0.988. The van der Waals surface area contributed by atoms with Gasteiger partial charge in [-0.1, -0.05) is 29.3 Å². The van der Waals surface area contributed by atoms with Crippen molar-refractivity contribution in [1.29, 1.82) is 5.26 Å². The molecule has 15 heavy (non-hydrogen) atoms. The summed E-state index contributed by atoms with van der Waals surface area (Å²) in [4.78, 5) is 0. The van der Waals surface area contributed by atoms with Gasteiger partial charge in [0.1, 0.15) is 6.10 Å². The van der Waals surface area contributed by atoms with Crippen molar-refractivity contribution in [3.63, 3.8) is 0 Å². The van der Waals surface area contributed by atoms with Crippen LogP contribution < -0.4 is 0 Å². The average molecular weight is 242 g/mol. The monoisotopic (exact) mass is 241 g/mol. The summed E-state index contributed by atoms with van der Waals surface area (Å²) in [5.74, 6) is 0. The highest BCUT2D eigenvalue weighted by Crippen LogP contribution is 2.35. The lowest BCUT2D eigenvalue weighted by molar-refractivity contribution is 0.0750. The predicted molar refractivity (Wildman–Crippen MR) is 58.9 cm³/mol. The van der Waals surface area contributed by atoms with Crippen LogP contribution in [-0.4, -0.2) is 6.10 Å². The highest BCUT2D eigenvalue weighted by atomic mass is 35.5. The number of hydrogen-bond donors (Lipinski definition) is 0.